The van der Waals surface area contributed by atoms with E-state index in [4.69, 9.17) is 9.47 Å². The summed E-state index contributed by atoms with van der Waals surface area (Å²) >= 11 is 0. The van der Waals surface area contributed by atoms with Crippen molar-refractivity contribution in [1.29, 1.82) is 0 Å². The van der Waals surface area contributed by atoms with Gasteiger partial charge in [0.25, 0.3) is 0 Å². The van der Waals surface area contributed by atoms with Gasteiger partial charge in [-0.15, -0.1) is 0 Å². The van der Waals surface area contributed by atoms with Crippen molar-refractivity contribution in [1.82, 2.24) is 14.1 Å². The topological polar surface area (TPSA) is 96.5 Å². The number of methoxy groups -OCH3 is 1. The minimum absolute atomic E-state index is 0.0678. The van der Waals surface area contributed by atoms with Gasteiger partial charge in [-0.2, -0.15) is 4.31 Å². The van der Waals surface area contributed by atoms with E-state index in [-0.39, 0.29) is 18.2 Å². The number of rotatable bonds is 7. The normalized spacial score (nSPS) is 20.8. The predicted molar refractivity (Wildman–Crippen MR) is 106 cm³/mol. The summed E-state index contributed by atoms with van der Waals surface area (Å²) in [6, 6.07) is 7.29. The van der Waals surface area contributed by atoms with Crippen LogP contribution in [0.15, 0.2) is 24.3 Å². The summed E-state index contributed by atoms with van der Waals surface area (Å²) < 4.78 is 35.5. The molecule has 2 fully saturated rings. The van der Waals surface area contributed by atoms with Crippen molar-refractivity contribution in [3.05, 3.63) is 24.3 Å². The third-order valence-corrected chi connectivity index (χ3v) is 6.57. The van der Waals surface area contributed by atoms with Gasteiger partial charge in [-0.1, -0.05) is 12.1 Å². The summed E-state index contributed by atoms with van der Waals surface area (Å²) in [4.78, 5) is 28.4. The lowest BCUT2D eigenvalue weighted by molar-refractivity contribution is -0.137. The van der Waals surface area contributed by atoms with Gasteiger partial charge in [0.05, 0.1) is 25.8 Å². The molecule has 1 aromatic rings. The molecule has 0 spiro atoms. The molecule has 1 aromatic carbocycles. The highest BCUT2D eigenvalue weighted by Crippen LogP contribution is 2.26. The second-order valence-corrected chi connectivity index (χ2v) is 9.21. The molecule has 2 saturated heterocycles. The van der Waals surface area contributed by atoms with Crippen molar-refractivity contribution >= 4 is 21.8 Å². The van der Waals surface area contributed by atoms with Gasteiger partial charge in [0.2, 0.25) is 21.8 Å². The minimum Gasteiger partial charge on any atom is -0.493 e. The summed E-state index contributed by atoms with van der Waals surface area (Å²) in [5, 5.41) is 0. The van der Waals surface area contributed by atoms with Crippen LogP contribution in [0.4, 0.5) is 0 Å². The molecule has 1 atom stereocenters. The highest BCUT2D eigenvalue weighted by molar-refractivity contribution is 7.88. The van der Waals surface area contributed by atoms with E-state index in [0.29, 0.717) is 57.4 Å². The molecule has 0 unspecified atom stereocenters. The van der Waals surface area contributed by atoms with Crippen LogP contribution in [0.5, 0.6) is 11.5 Å². The number of amides is 2. The average Bonchev–Trinajstić information content (AvgIpc) is 3.08. The summed E-state index contributed by atoms with van der Waals surface area (Å²) in [5.74, 6) is 0.694. The first-order valence-corrected chi connectivity index (χ1v) is 11.4. The number of nitrogens with zero attached hydrogens (tertiary/aromatic N) is 3. The van der Waals surface area contributed by atoms with Crippen molar-refractivity contribution in [2.75, 3.05) is 59.2 Å². The fourth-order valence-corrected chi connectivity index (χ4v) is 4.48. The zero-order valence-electron chi connectivity index (χ0n) is 16.7. The van der Waals surface area contributed by atoms with Crippen LogP contribution in [-0.2, 0) is 19.6 Å². The molecule has 3 rings (SSSR count). The number of likely N-dealkylation sites (tertiary alicyclic amines) is 1. The largest absolute Gasteiger partial charge is 0.493 e. The van der Waals surface area contributed by atoms with Gasteiger partial charge < -0.3 is 19.3 Å². The number of benzene rings is 1. The molecule has 0 N–H and O–H groups in total. The predicted octanol–water partition coefficient (Wildman–Crippen LogP) is 0.0263. The van der Waals surface area contributed by atoms with Crippen molar-refractivity contribution in [2.45, 2.75) is 6.42 Å². The van der Waals surface area contributed by atoms with Crippen molar-refractivity contribution in [2.24, 2.45) is 5.92 Å². The monoisotopic (exact) mass is 425 g/mol. The van der Waals surface area contributed by atoms with Crippen LogP contribution < -0.4 is 9.47 Å². The molecule has 2 aliphatic rings. The second-order valence-electron chi connectivity index (χ2n) is 7.23. The smallest absolute Gasteiger partial charge is 0.228 e. The standard InChI is InChI=1S/C19H27N3O6S/c1-27-16-5-3-4-6-17(16)28-12-11-21-14-15(13-18(21)23)19(24)20-7-9-22(10-8-20)29(2,25)26/h3-6,15H,7-14H2,1-2H3/t15-/m0/s1. The zero-order chi connectivity index (χ0) is 21.0. The lowest BCUT2D eigenvalue weighted by atomic mass is 10.1. The van der Waals surface area contributed by atoms with Crippen LogP contribution in [0.1, 0.15) is 6.42 Å². The Kier molecular flexibility index (Phi) is 6.63. The van der Waals surface area contributed by atoms with E-state index in [0.717, 1.165) is 0 Å². The molecule has 9 nitrogen and oxygen atoms in total. The lowest BCUT2D eigenvalue weighted by Crippen LogP contribution is -2.51. The highest BCUT2D eigenvalue weighted by atomic mass is 32.2. The number of ether oxygens (including phenoxy) is 2. The summed E-state index contributed by atoms with van der Waals surface area (Å²) in [7, 11) is -1.67. The van der Waals surface area contributed by atoms with E-state index in [1.807, 2.05) is 12.1 Å². The summed E-state index contributed by atoms with van der Waals surface area (Å²) in [6.07, 6.45) is 1.35. The number of hydrogen-bond donors (Lipinski definition) is 0. The van der Waals surface area contributed by atoms with E-state index >= 15 is 0 Å². The van der Waals surface area contributed by atoms with Gasteiger partial charge >= 0.3 is 0 Å². The van der Waals surface area contributed by atoms with Crippen LogP contribution in [0.25, 0.3) is 0 Å². The Morgan fingerprint density at radius 1 is 1.14 bits per heavy atom. The number of carbonyl (C=O) groups is 2. The number of sulfonamides is 1. The second kappa shape index (κ2) is 9.00. The molecular formula is C19H27N3O6S. The zero-order valence-corrected chi connectivity index (χ0v) is 17.6. The highest BCUT2D eigenvalue weighted by Gasteiger charge is 2.37. The van der Waals surface area contributed by atoms with Gasteiger partial charge in [-0.25, -0.2) is 8.42 Å². The van der Waals surface area contributed by atoms with Crippen LogP contribution in [0.2, 0.25) is 0 Å². The fraction of sp³-hybridized carbons (Fsp3) is 0.579. The van der Waals surface area contributed by atoms with Crippen LogP contribution in [-0.4, -0.2) is 93.6 Å². The van der Waals surface area contributed by atoms with Gasteiger partial charge in [0, 0.05) is 39.1 Å². The molecule has 2 heterocycles. The quantitative estimate of drug-likeness (QED) is 0.611. The molecule has 160 valence electrons. The molecule has 0 saturated carbocycles. The first-order chi connectivity index (χ1) is 13.8. The third-order valence-electron chi connectivity index (χ3n) is 5.27. The lowest BCUT2D eigenvalue weighted by Gasteiger charge is -2.34. The number of carbonyl (C=O) groups excluding carboxylic acids is 2. The molecule has 10 heteroatoms. The van der Waals surface area contributed by atoms with Gasteiger partial charge in [0.15, 0.2) is 11.5 Å². The van der Waals surface area contributed by atoms with E-state index in [1.165, 1.54) is 10.6 Å². The maximum Gasteiger partial charge on any atom is 0.228 e. The number of para-hydroxylation sites is 2. The Hall–Kier alpha value is -2.33. The maximum absolute atomic E-state index is 12.8. The molecule has 2 amide bonds. The molecule has 0 aromatic heterocycles. The van der Waals surface area contributed by atoms with E-state index < -0.39 is 15.9 Å². The Morgan fingerprint density at radius 3 is 2.41 bits per heavy atom. The first-order valence-electron chi connectivity index (χ1n) is 9.57. The average molecular weight is 426 g/mol. The van der Waals surface area contributed by atoms with Crippen LogP contribution >= 0.6 is 0 Å². The Bertz CT molecular complexity index is 851. The summed E-state index contributed by atoms with van der Waals surface area (Å²) in [6.45, 7) is 2.35. The summed E-state index contributed by atoms with van der Waals surface area (Å²) in [5.41, 5.74) is 0. The van der Waals surface area contributed by atoms with E-state index in [2.05, 4.69) is 0 Å². The van der Waals surface area contributed by atoms with E-state index in [1.54, 1.807) is 29.0 Å². The number of hydrogen-bond acceptors (Lipinski definition) is 6. The Balaban J connectivity index is 1.48. The molecule has 0 radical (unpaired) electrons. The molecule has 29 heavy (non-hydrogen) atoms. The van der Waals surface area contributed by atoms with E-state index in [9.17, 15) is 18.0 Å². The Labute approximate surface area is 171 Å². The fourth-order valence-electron chi connectivity index (χ4n) is 3.66. The maximum atomic E-state index is 12.8. The first kappa shape index (κ1) is 21.4. The van der Waals surface area contributed by atoms with Crippen molar-refractivity contribution in [3.8, 4) is 11.5 Å². The third kappa shape index (κ3) is 5.18. The molecule has 0 aliphatic carbocycles. The van der Waals surface area contributed by atoms with Crippen molar-refractivity contribution < 1.29 is 27.5 Å². The van der Waals surface area contributed by atoms with Crippen LogP contribution in [0, 0.1) is 5.92 Å². The Morgan fingerprint density at radius 2 is 1.79 bits per heavy atom. The van der Waals surface area contributed by atoms with Crippen LogP contribution in [0.3, 0.4) is 0 Å². The molecular weight excluding hydrogens is 398 g/mol. The minimum atomic E-state index is -3.24. The van der Waals surface area contributed by atoms with Gasteiger partial charge in [-0.3, -0.25) is 9.59 Å². The van der Waals surface area contributed by atoms with Gasteiger partial charge in [0.1, 0.15) is 6.61 Å². The number of piperazine rings is 1. The SMILES string of the molecule is COc1ccccc1OCCN1C[C@@H](C(=O)N2CCN(S(C)(=O)=O)CC2)CC1=O. The van der Waals surface area contributed by atoms with Crippen molar-refractivity contribution in [3.63, 3.8) is 0 Å². The molecule has 2 aliphatic heterocycles. The molecule has 0 bridgehead atoms. The van der Waals surface area contributed by atoms with Gasteiger partial charge in [-0.05, 0) is 12.1 Å².